The first-order chi connectivity index (χ1) is 19.3. The molecule has 1 aliphatic carbocycles. The number of piperidine rings is 1. The molecule has 1 aliphatic heterocycles. The van der Waals surface area contributed by atoms with Gasteiger partial charge in [-0.05, 0) is 105 Å². The number of nitrogens with zero attached hydrogens (tertiary/aromatic N) is 1. The first-order valence-corrected chi connectivity index (χ1v) is 16.0. The lowest BCUT2D eigenvalue weighted by molar-refractivity contribution is 0.219. The molecular weight excluding hydrogens is 506 g/mol. The predicted molar refractivity (Wildman–Crippen MR) is 179 cm³/mol. The van der Waals surface area contributed by atoms with E-state index in [-0.39, 0.29) is 0 Å². The van der Waals surface area contributed by atoms with Crippen LogP contribution < -0.4 is 5.32 Å². The fraction of sp³-hybridized carbons (Fsp3) is 0.472. The van der Waals surface area contributed by atoms with Crippen LogP contribution in [0.25, 0.3) is 0 Å². The molecule has 0 aromatic heterocycles. The molecule has 40 heavy (non-hydrogen) atoms. The lowest BCUT2D eigenvalue weighted by Crippen LogP contribution is -2.34. The molecular formula is C36H53N3S. The molecule has 2 aromatic rings. The van der Waals surface area contributed by atoms with Crippen LogP contribution in [0.4, 0.5) is 0 Å². The van der Waals surface area contributed by atoms with E-state index in [1.54, 1.807) is 11.8 Å². The van der Waals surface area contributed by atoms with Crippen molar-refractivity contribution in [2.75, 3.05) is 26.7 Å². The maximum absolute atomic E-state index is 8.70. The van der Waals surface area contributed by atoms with Crippen molar-refractivity contribution < 1.29 is 0 Å². The first-order valence-electron chi connectivity index (χ1n) is 15.2. The monoisotopic (exact) mass is 559 g/mol. The average Bonchev–Trinajstić information content (AvgIpc) is 2.98. The van der Waals surface area contributed by atoms with Gasteiger partial charge in [-0.2, -0.15) is 0 Å². The van der Waals surface area contributed by atoms with Crippen LogP contribution in [0.2, 0.25) is 0 Å². The Morgan fingerprint density at radius 2 is 1.52 bits per heavy atom. The van der Waals surface area contributed by atoms with Crippen LogP contribution in [0.1, 0.15) is 82.9 Å². The maximum atomic E-state index is 8.70. The summed E-state index contributed by atoms with van der Waals surface area (Å²) in [6.45, 7) is 22.4. The van der Waals surface area contributed by atoms with Crippen molar-refractivity contribution in [3.63, 3.8) is 0 Å². The third kappa shape index (κ3) is 10.8. The molecule has 0 spiro atoms. The zero-order chi connectivity index (χ0) is 29.5. The first kappa shape index (κ1) is 33.6. The highest BCUT2D eigenvalue weighted by Gasteiger charge is 2.27. The molecule has 1 unspecified atom stereocenters. The number of hydrogen-bond donors (Lipinski definition) is 2. The largest absolute Gasteiger partial charge is 0.380 e. The molecule has 0 radical (unpaired) electrons. The normalized spacial score (nSPS) is 19.1. The van der Waals surface area contributed by atoms with Gasteiger partial charge in [0.15, 0.2) is 0 Å². The van der Waals surface area contributed by atoms with Gasteiger partial charge in [-0.1, -0.05) is 107 Å². The van der Waals surface area contributed by atoms with Crippen LogP contribution in [-0.4, -0.2) is 37.3 Å². The zero-order valence-electron chi connectivity index (χ0n) is 26.0. The highest BCUT2D eigenvalue weighted by atomic mass is 32.2. The van der Waals surface area contributed by atoms with Crippen LogP contribution in [-0.2, 0) is 12.8 Å². The predicted octanol–water partition coefficient (Wildman–Crippen LogP) is 9.39. The van der Waals surface area contributed by atoms with Crippen LogP contribution in [0.3, 0.4) is 0 Å². The van der Waals surface area contributed by atoms with E-state index in [1.165, 1.54) is 42.6 Å². The van der Waals surface area contributed by atoms with Crippen molar-refractivity contribution >= 4 is 17.5 Å². The Hall–Kier alpha value is -2.56. The van der Waals surface area contributed by atoms with Crippen molar-refractivity contribution in [2.24, 2.45) is 5.92 Å². The SMILES string of the molecule is C=C(NCC1CCN(C)CC1)S/C(C)=C1\C(=C)CC(c2ccc(CC)cc2)CC1=N.CC.CCc1ccccc1. The summed E-state index contributed by atoms with van der Waals surface area (Å²) < 4.78 is 0. The Kier molecular flexibility index (Phi) is 15.1. The highest BCUT2D eigenvalue weighted by Crippen LogP contribution is 2.40. The molecule has 218 valence electrons. The van der Waals surface area contributed by atoms with E-state index in [1.807, 2.05) is 19.9 Å². The molecule has 1 saturated carbocycles. The van der Waals surface area contributed by atoms with E-state index in [2.05, 4.69) is 99.7 Å². The second-order valence-electron chi connectivity index (χ2n) is 10.7. The van der Waals surface area contributed by atoms with E-state index >= 15 is 0 Å². The minimum absolute atomic E-state index is 0.364. The van der Waals surface area contributed by atoms with E-state index in [4.69, 9.17) is 5.41 Å². The molecule has 1 atom stereocenters. The van der Waals surface area contributed by atoms with Gasteiger partial charge >= 0.3 is 0 Å². The van der Waals surface area contributed by atoms with Crippen LogP contribution >= 0.6 is 11.8 Å². The van der Waals surface area contributed by atoms with Crippen molar-refractivity contribution in [3.8, 4) is 0 Å². The summed E-state index contributed by atoms with van der Waals surface area (Å²) in [6, 6.07) is 19.4. The van der Waals surface area contributed by atoms with Crippen molar-refractivity contribution in [2.45, 2.75) is 79.1 Å². The number of rotatable bonds is 8. The Bertz CT molecular complexity index is 1070. The fourth-order valence-corrected chi connectivity index (χ4v) is 6.16. The summed E-state index contributed by atoms with van der Waals surface area (Å²) in [5, 5.41) is 13.2. The average molecular weight is 560 g/mol. The minimum Gasteiger partial charge on any atom is -0.380 e. The van der Waals surface area contributed by atoms with E-state index < -0.39 is 0 Å². The lowest BCUT2D eigenvalue weighted by Gasteiger charge is -2.30. The quantitative estimate of drug-likeness (QED) is 0.338. The Morgan fingerprint density at radius 3 is 2.05 bits per heavy atom. The van der Waals surface area contributed by atoms with Gasteiger partial charge < -0.3 is 15.6 Å². The minimum atomic E-state index is 0.364. The van der Waals surface area contributed by atoms with Gasteiger partial charge in [0.25, 0.3) is 0 Å². The second kappa shape index (κ2) is 18.0. The Balaban J connectivity index is 0.000000475. The van der Waals surface area contributed by atoms with Gasteiger partial charge in [-0.15, -0.1) is 0 Å². The molecule has 2 fully saturated rings. The van der Waals surface area contributed by atoms with Crippen LogP contribution in [0.15, 0.2) is 88.8 Å². The maximum Gasteiger partial charge on any atom is 0.0653 e. The summed E-state index contributed by atoms with van der Waals surface area (Å²) in [7, 11) is 2.20. The van der Waals surface area contributed by atoms with Gasteiger partial charge in [-0.3, -0.25) is 0 Å². The molecule has 4 heteroatoms. The molecule has 1 saturated heterocycles. The molecule has 3 nitrogen and oxygen atoms in total. The Morgan fingerprint density at radius 1 is 0.950 bits per heavy atom. The zero-order valence-corrected chi connectivity index (χ0v) is 26.8. The summed E-state index contributed by atoms with van der Waals surface area (Å²) in [5.74, 6) is 1.09. The van der Waals surface area contributed by atoms with Crippen LogP contribution in [0.5, 0.6) is 0 Å². The smallest absolute Gasteiger partial charge is 0.0653 e. The highest BCUT2D eigenvalue weighted by molar-refractivity contribution is 8.06. The fourth-order valence-electron chi connectivity index (χ4n) is 5.27. The van der Waals surface area contributed by atoms with Gasteiger partial charge in [0.2, 0.25) is 0 Å². The third-order valence-electron chi connectivity index (χ3n) is 7.76. The number of likely N-dealkylation sites (tertiary alicyclic amines) is 1. The number of hydrogen-bond acceptors (Lipinski definition) is 4. The summed E-state index contributed by atoms with van der Waals surface area (Å²) in [4.78, 5) is 3.55. The molecule has 0 amide bonds. The van der Waals surface area contributed by atoms with Gasteiger partial charge in [-0.25, -0.2) is 0 Å². The van der Waals surface area contributed by atoms with Gasteiger partial charge in [0, 0.05) is 17.8 Å². The summed E-state index contributed by atoms with van der Waals surface area (Å²) in [5.41, 5.74) is 6.94. The van der Waals surface area contributed by atoms with Crippen molar-refractivity contribution in [3.05, 3.63) is 106 Å². The molecule has 0 bridgehead atoms. The number of benzene rings is 2. The second-order valence-corrected chi connectivity index (χ2v) is 12.0. The van der Waals surface area contributed by atoms with E-state index in [9.17, 15) is 0 Å². The standard InChI is InChI=1S/C26H37N3S.C8H10.C2H6/c1-6-21-7-9-23(10-8-21)24-15-18(2)26(25(27)16-24)19(3)30-20(4)28-17-22-11-13-29(5)14-12-22;1-2-8-6-4-3-5-7-8;1-2/h7-10,22,24,27-28H,2,4,6,11-17H2,1,3,5H3;3-7H,2H2,1H3;1-2H3/b26-19+,27-25?;;. The number of aryl methyl sites for hydroxylation is 2. The van der Waals surface area contributed by atoms with Crippen molar-refractivity contribution in [1.82, 2.24) is 10.2 Å². The number of allylic oxidation sites excluding steroid dienone is 3. The van der Waals surface area contributed by atoms with E-state index in [0.29, 0.717) is 11.6 Å². The number of thioether (sulfide) groups is 1. The van der Waals surface area contributed by atoms with Crippen LogP contribution in [0, 0.1) is 11.3 Å². The summed E-state index contributed by atoms with van der Waals surface area (Å²) >= 11 is 1.67. The van der Waals surface area contributed by atoms with Crippen molar-refractivity contribution in [1.29, 1.82) is 5.41 Å². The molecule has 4 rings (SSSR count). The molecule has 2 aromatic carbocycles. The molecule has 1 heterocycles. The topological polar surface area (TPSA) is 39.1 Å². The molecule has 2 aliphatic rings. The molecule has 2 N–H and O–H groups in total. The summed E-state index contributed by atoms with van der Waals surface area (Å²) in [6.07, 6.45) is 6.42. The van der Waals surface area contributed by atoms with E-state index in [0.717, 1.165) is 59.2 Å². The van der Waals surface area contributed by atoms with Gasteiger partial charge in [0.05, 0.1) is 5.03 Å². The Labute approximate surface area is 249 Å². The lowest BCUT2D eigenvalue weighted by atomic mass is 9.77. The third-order valence-corrected chi connectivity index (χ3v) is 8.66. The number of nitrogens with one attached hydrogen (secondary N) is 2. The van der Waals surface area contributed by atoms with Gasteiger partial charge in [0.1, 0.15) is 0 Å².